The van der Waals surface area contributed by atoms with Gasteiger partial charge < -0.3 is 4.74 Å². The van der Waals surface area contributed by atoms with Gasteiger partial charge >= 0.3 is 0 Å². The summed E-state index contributed by atoms with van der Waals surface area (Å²) < 4.78 is 6.11. The van der Waals surface area contributed by atoms with Crippen molar-refractivity contribution >= 4 is 11.8 Å². The molecule has 0 radical (unpaired) electrons. The minimum Gasteiger partial charge on any atom is -0.473 e. The first-order valence-corrected chi connectivity index (χ1v) is 8.86. The highest BCUT2D eigenvalue weighted by molar-refractivity contribution is 7.99. The predicted molar refractivity (Wildman–Crippen MR) is 89.0 cm³/mol. The third-order valence-electron chi connectivity index (χ3n) is 3.61. The van der Waals surface area contributed by atoms with Gasteiger partial charge in [-0.25, -0.2) is 9.97 Å². The second-order valence-electron chi connectivity index (χ2n) is 5.22. The maximum absolute atomic E-state index is 6.11. The van der Waals surface area contributed by atoms with Crippen LogP contribution in [0, 0.1) is 0 Å². The van der Waals surface area contributed by atoms with Crippen LogP contribution in [0.25, 0.3) is 0 Å². The molecule has 0 spiro atoms. The molecule has 1 aromatic heterocycles. The fourth-order valence-electron chi connectivity index (χ4n) is 2.37. The van der Waals surface area contributed by atoms with Gasteiger partial charge in [-0.2, -0.15) is 11.8 Å². The summed E-state index contributed by atoms with van der Waals surface area (Å²) in [6.45, 7) is 9.19. The van der Waals surface area contributed by atoms with Crippen molar-refractivity contribution in [1.29, 1.82) is 0 Å². The molecule has 21 heavy (non-hydrogen) atoms. The smallest absolute Gasteiger partial charge is 0.216 e. The lowest BCUT2D eigenvalue weighted by molar-refractivity contribution is 0.127. The number of ether oxygens (including phenoxy) is 1. The molecule has 1 saturated heterocycles. The number of aryl methyl sites for hydroxylation is 1. The summed E-state index contributed by atoms with van der Waals surface area (Å²) in [6.07, 6.45) is 6.58. The Hall–Kier alpha value is -1.07. The van der Waals surface area contributed by atoms with Crippen LogP contribution in [-0.2, 0) is 6.42 Å². The van der Waals surface area contributed by atoms with Crippen molar-refractivity contribution in [1.82, 2.24) is 14.9 Å². The minimum absolute atomic E-state index is 0.172. The second kappa shape index (κ2) is 9.05. The molecule has 2 heterocycles. The van der Waals surface area contributed by atoms with Crippen molar-refractivity contribution in [3.8, 4) is 5.88 Å². The van der Waals surface area contributed by atoms with Crippen LogP contribution in [0.15, 0.2) is 25.0 Å². The average Bonchev–Trinajstić information content (AvgIpc) is 2.54. The molecule has 4 nitrogen and oxygen atoms in total. The van der Waals surface area contributed by atoms with Crippen molar-refractivity contribution in [3.63, 3.8) is 0 Å². The quantitative estimate of drug-likeness (QED) is 0.691. The van der Waals surface area contributed by atoms with Crippen molar-refractivity contribution < 1.29 is 4.74 Å². The maximum Gasteiger partial charge on any atom is 0.216 e. The summed E-state index contributed by atoms with van der Waals surface area (Å²) in [4.78, 5) is 11.0. The molecule has 0 unspecified atom stereocenters. The second-order valence-corrected chi connectivity index (χ2v) is 6.44. The standard InChI is InChI=1S/C16H25N3OS/c1-3-5-6-15(12-19-7-9-21-10-8-19)20-16-11-14(4-2)17-13-18-16/h3,11,13,15H,1,4-10,12H2,2H3/t15-/m0/s1. The number of hydrogen-bond donors (Lipinski definition) is 0. The molecular formula is C16H25N3OS. The highest BCUT2D eigenvalue weighted by Crippen LogP contribution is 2.16. The predicted octanol–water partition coefficient (Wildman–Crippen LogP) is 2.80. The van der Waals surface area contributed by atoms with Gasteiger partial charge in [0.05, 0.1) is 0 Å². The zero-order chi connectivity index (χ0) is 14.9. The molecule has 0 saturated carbocycles. The van der Waals surface area contributed by atoms with Gasteiger partial charge in [-0.15, -0.1) is 6.58 Å². The molecule has 1 aromatic rings. The number of allylic oxidation sites excluding steroid dienone is 1. The van der Waals surface area contributed by atoms with Gasteiger partial charge in [-0.05, 0) is 19.3 Å². The van der Waals surface area contributed by atoms with Gasteiger partial charge in [-0.3, -0.25) is 4.90 Å². The number of nitrogens with zero attached hydrogens (tertiary/aromatic N) is 3. The minimum atomic E-state index is 0.172. The molecule has 0 aromatic carbocycles. The van der Waals surface area contributed by atoms with Gasteiger partial charge in [0.15, 0.2) is 0 Å². The Balaban J connectivity index is 1.95. The number of rotatable bonds is 8. The van der Waals surface area contributed by atoms with Crippen molar-refractivity contribution in [3.05, 3.63) is 30.7 Å². The number of aromatic nitrogens is 2. The highest BCUT2D eigenvalue weighted by Gasteiger charge is 2.18. The Kier molecular flexibility index (Phi) is 7.03. The van der Waals surface area contributed by atoms with Gasteiger partial charge in [0, 0.05) is 42.9 Å². The molecule has 1 aliphatic heterocycles. The third-order valence-corrected chi connectivity index (χ3v) is 4.55. The van der Waals surface area contributed by atoms with Crippen LogP contribution >= 0.6 is 11.8 Å². The van der Waals surface area contributed by atoms with E-state index < -0.39 is 0 Å². The van der Waals surface area contributed by atoms with E-state index in [0.29, 0.717) is 5.88 Å². The van der Waals surface area contributed by atoms with E-state index in [1.807, 2.05) is 23.9 Å². The van der Waals surface area contributed by atoms with Crippen LogP contribution in [0.5, 0.6) is 5.88 Å². The first-order chi connectivity index (χ1) is 10.3. The van der Waals surface area contributed by atoms with E-state index in [9.17, 15) is 0 Å². The highest BCUT2D eigenvalue weighted by atomic mass is 32.2. The molecule has 1 atom stereocenters. The van der Waals surface area contributed by atoms with Gasteiger partial charge in [-0.1, -0.05) is 13.0 Å². The van der Waals surface area contributed by atoms with Crippen molar-refractivity contribution in [2.75, 3.05) is 31.1 Å². The summed E-state index contributed by atoms with van der Waals surface area (Å²) in [6, 6.07) is 1.95. The number of thioether (sulfide) groups is 1. The van der Waals surface area contributed by atoms with E-state index in [4.69, 9.17) is 4.74 Å². The molecule has 1 fully saturated rings. The maximum atomic E-state index is 6.11. The molecule has 0 bridgehead atoms. The largest absolute Gasteiger partial charge is 0.473 e. The Labute approximate surface area is 132 Å². The fourth-order valence-corrected chi connectivity index (χ4v) is 3.35. The first-order valence-electron chi connectivity index (χ1n) is 7.70. The fraction of sp³-hybridized carbons (Fsp3) is 0.625. The van der Waals surface area contributed by atoms with E-state index in [0.717, 1.165) is 44.6 Å². The molecular weight excluding hydrogens is 282 g/mol. The zero-order valence-electron chi connectivity index (χ0n) is 12.8. The zero-order valence-corrected chi connectivity index (χ0v) is 13.6. The van der Waals surface area contributed by atoms with Crippen molar-refractivity contribution in [2.45, 2.75) is 32.3 Å². The molecule has 5 heteroatoms. The van der Waals surface area contributed by atoms with E-state index in [2.05, 4.69) is 28.4 Å². The Morgan fingerprint density at radius 3 is 2.95 bits per heavy atom. The van der Waals surface area contributed by atoms with Crippen molar-refractivity contribution in [2.24, 2.45) is 0 Å². The van der Waals surface area contributed by atoms with E-state index in [-0.39, 0.29) is 6.10 Å². The Morgan fingerprint density at radius 2 is 2.24 bits per heavy atom. The van der Waals surface area contributed by atoms with E-state index in [1.165, 1.54) is 11.5 Å². The summed E-state index contributed by atoms with van der Waals surface area (Å²) in [5, 5.41) is 0. The molecule has 0 N–H and O–H groups in total. The Bertz CT molecular complexity index is 435. The van der Waals surface area contributed by atoms with Gasteiger partial charge in [0.25, 0.3) is 0 Å². The lowest BCUT2D eigenvalue weighted by Gasteiger charge is -2.30. The monoisotopic (exact) mass is 307 g/mol. The lowest BCUT2D eigenvalue weighted by atomic mass is 10.2. The summed E-state index contributed by atoms with van der Waals surface area (Å²) in [5.41, 5.74) is 1.02. The first kappa shape index (κ1) is 16.3. The SMILES string of the molecule is C=CCC[C@@H](CN1CCSCC1)Oc1cc(CC)ncn1. The van der Waals surface area contributed by atoms with E-state index in [1.54, 1.807) is 6.33 Å². The van der Waals surface area contributed by atoms with Gasteiger partial charge in [0.1, 0.15) is 12.4 Å². The summed E-state index contributed by atoms with van der Waals surface area (Å²) >= 11 is 2.03. The summed E-state index contributed by atoms with van der Waals surface area (Å²) in [5.74, 6) is 3.14. The average molecular weight is 307 g/mol. The third kappa shape index (κ3) is 5.67. The molecule has 0 amide bonds. The molecule has 0 aliphatic carbocycles. The van der Waals surface area contributed by atoms with Crippen LogP contribution in [0.2, 0.25) is 0 Å². The molecule has 2 rings (SSSR count). The normalized spacial score (nSPS) is 17.4. The molecule has 116 valence electrons. The lowest BCUT2D eigenvalue weighted by Crippen LogP contribution is -2.40. The van der Waals surface area contributed by atoms with Gasteiger partial charge in [0.2, 0.25) is 5.88 Å². The summed E-state index contributed by atoms with van der Waals surface area (Å²) in [7, 11) is 0. The topological polar surface area (TPSA) is 38.2 Å². The van der Waals surface area contributed by atoms with Crippen LogP contribution in [0.4, 0.5) is 0 Å². The number of hydrogen-bond acceptors (Lipinski definition) is 5. The Morgan fingerprint density at radius 1 is 1.43 bits per heavy atom. The van der Waals surface area contributed by atoms with Crippen LogP contribution in [0.1, 0.15) is 25.5 Å². The van der Waals surface area contributed by atoms with Crippen LogP contribution in [0.3, 0.4) is 0 Å². The van der Waals surface area contributed by atoms with Crippen LogP contribution < -0.4 is 4.74 Å². The van der Waals surface area contributed by atoms with E-state index >= 15 is 0 Å². The molecule has 1 aliphatic rings. The van der Waals surface area contributed by atoms with Crippen LogP contribution in [-0.4, -0.2) is 52.1 Å².